The molecule has 0 amide bonds. The monoisotopic (exact) mass is 260 g/mol. The molecule has 0 aromatic carbocycles. The third-order valence-corrected chi connectivity index (χ3v) is 3.94. The van der Waals surface area contributed by atoms with Crippen molar-refractivity contribution in [1.29, 1.82) is 0 Å². The average molecular weight is 260 g/mol. The van der Waals surface area contributed by atoms with Gasteiger partial charge in [0, 0.05) is 11.2 Å². The van der Waals surface area contributed by atoms with Crippen LogP contribution in [-0.2, 0) is 12.0 Å². The summed E-state index contributed by atoms with van der Waals surface area (Å²) in [5.41, 5.74) is 7.52. The van der Waals surface area contributed by atoms with Gasteiger partial charge in [-0.05, 0) is 26.2 Å². The average Bonchev–Trinajstić information content (AvgIpc) is 2.99. The zero-order chi connectivity index (χ0) is 13.8. The Labute approximate surface area is 110 Å². The third kappa shape index (κ3) is 1.52. The number of carboxylic acid groups (broad SMARTS) is 1. The number of carbonyl (C=O) groups is 1. The molecule has 19 heavy (non-hydrogen) atoms. The molecule has 0 unspecified atom stereocenters. The number of nitrogens with zero attached hydrogens (tertiary/aromatic N) is 3. The molecule has 6 heteroatoms. The molecule has 1 aliphatic rings. The number of fused-ring (bicyclic) bond motifs is 1. The van der Waals surface area contributed by atoms with Crippen molar-refractivity contribution >= 4 is 22.8 Å². The first-order chi connectivity index (χ1) is 8.99. The number of anilines is 1. The molecule has 0 saturated heterocycles. The maximum absolute atomic E-state index is 11.6. The van der Waals surface area contributed by atoms with Crippen molar-refractivity contribution in [2.45, 2.75) is 38.6 Å². The van der Waals surface area contributed by atoms with E-state index < -0.39 is 5.97 Å². The highest BCUT2D eigenvalue weighted by Gasteiger charge is 2.43. The highest BCUT2D eigenvalue weighted by atomic mass is 16.4. The molecule has 2 aromatic rings. The van der Waals surface area contributed by atoms with Gasteiger partial charge in [0.15, 0.2) is 0 Å². The van der Waals surface area contributed by atoms with E-state index in [-0.39, 0.29) is 16.9 Å². The molecule has 0 radical (unpaired) electrons. The molecule has 0 spiro atoms. The molecule has 0 atom stereocenters. The molecule has 2 heterocycles. The van der Waals surface area contributed by atoms with Crippen LogP contribution in [0.25, 0.3) is 11.0 Å². The number of nitrogens with two attached hydrogens (primary N) is 1. The summed E-state index contributed by atoms with van der Waals surface area (Å²) >= 11 is 0. The van der Waals surface area contributed by atoms with Crippen molar-refractivity contribution in [3.8, 4) is 0 Å². The van der Waals surface area contributed by atoms with Gasteiger partial charge in [-0.15, -0.1) is 0 Å². The lowest BCUT2D eigenvalue weighted by atomic mass is 10.1. The lowest BCUT2D eigenvalue weighted by molar-refractivity contribution is 0.0697. The first kappa shape index (κ1) is 12.0. The van der Waals surface area contributed by atoms with Gasteiger partial charge in [0.25, 0.3) is 0 Å². The maximum Gasteiger partial charge on any atom is 0.338 e. The van der Waals surface area contributed by atoms with E-state index >= 15 is 0 Å². The summed E-state index contributed by atoms with van der Waals surface area (Å²) in [6.07, 6.45) is 4.09. The second kappa shape index (κ2) is 3.69. The quantitative estimate of drug-likeness (QED) is 0.877. The summed E-state index contributed by atoms with van der Waals surface area (Å²) < 4.78 is 2.05. The Morgan fingerprint density at radius 3 is 2.74 bits per heavy atom. The molecule has 6 nitrogen and oxygen atoms in total. The van der Waals surface area contributed by atoms with E-state index in [0.29, 0.717) is 17.5 Å². The summed E-state index contributed by atoms with van der Waals surface area (Å²) in [7, 11) is 0. The van der Waals surface area contributed by atoms with Crippen molar-refractivity contribution in [2.75, 3.05) is 5.73 Å². The zero-order valence-electron chi connectivity index (χ0n) is 11.0. The van der Waals surface area contributed by atoms with Crippen LogP contribution in [0.2, 0.25) is 0 Å². The maximum atomic E-state index is 11.6. The Kier molecular flexibility index (Phi) is 2.32. The Hall–Kier alpha value is -2.11. The van der Waals surface area contributed by atoms with E-state index in [9.17, 15) is 9.90 Å². The lowest BCUT2D eigenvalue weighted by Gasteiger charge is -2.16. The molecule has 0 bridgehead atoms. The minimum atomic E-state index is -0.966. The standard InChI is InChI=1S/C13H16N4O2/c1-3-7-8(12(18)19)9-10(14)15-6-16-11(9)17(7)13(2)4-5-13/h6H,3-5H2,1-2H3,(H,18,19)(H2,14,15,16). The van der Waals surface area contributed by atoms with E-state index in [4.69, 9.17) is 5.73 Å². The minimum absolute atomic E-state index is 0.0297. The van der Waals surface area contributed by atoms with Gasteiger partial charge in [0.05, 0.1) is 10.9 Å². The van der Waals surface area contributed by atoms with Crippen molar-refractivity contribution in [1.82, 2.24) is 14.5 Å². The van der Waals surface area contributed by atoms with Crippen LogP contribution >= 0.6 is 0 Å². The molecule has 100 valence electrons. The second-order valence-corrected chi connectivity index (χ2v) is 5.27. The van der Waals surface area contributed by atoms with Crippen LogP contribution in [0.3, 0.4) is 0 Å². The molecule has 3 rings (SSSR count). The van der Waals surface area contributed by atoms with Crippen LogP contribution in [0, 0.1) is 0 Å². The van der Waals surface area contributed by atoms with Crippen LogP contribution in [0.15, 0.2) is 6.33 Å². The Morgan fingerprint density at radius 2 is 2.21 bits per heavy atom. The molecular formula is C13H16N4O2. The molecule has 1 fully saturated rings. The third-order valence-electron chi connectivity index (χ3n) is 3.94. The number of aromatic carboxylic acids is 1. The van der Waals surface area contributed by atoms with Crippen molar-refractivity contribution < 1.29 is 9.90 Å². The zero-order valence-corrected chi connectivity index (χ0v) is 11.0. The Morgan fingerprint density at radius 1 is 1.53 bits per heavy atom. The lowest BCUT2D eigenvalue weighted by Crippen LogP contribution is -2.16. The molecule has 0 aliphatic heterocycles. The van der Waals surface area contributed by atoms with E-state index in [2.05, 4.69) is 16.9 Å². The summed E-state index contributed by atoms with van der Waals surface area (Å²) in [6.45, 7) is 4.07. The van der Waals surface area contributed by atoms with E-state index in [0.717, 1.165) is 18.5 Å². The smallest absolute Gasteiger partial charge is 0.338 e. The van der Waals surface area contributed by atoms with Crippen LogP contribution in [0.1, 0.15) is 42.7 Å². The highest BCUT2D eigenvalue weighted by molar-refractivity contribution is 6.08. The van der Waals surface area contributed by atoms with Gasteiger partial charge in [-0.1, -0.05) is 6.92 Å². The molecule has 1 saturated carbocycles. The number of hydrogen-bond acceptors (Lipinski definition) is 4. The number of carboxylic acids is 1. The minimum Gasteiger partial charge on any atom is -0.478 e. The van der Waals surface area contributed by atoms with Gasteiger partial charge in [0.2, 0.25) is 0 Å². The van der Waals surface area contributed by atoms with E-state index in [1.54, 1.807) is 0 Å². The largest absolute Gasteiger partial charge is 0.478 e. The number of rotatable bonds is 3. The van der Waals surface area contributed by atoms with Gasteiger partial charge in [-0.3, -0.25) is 0 Å². The highest BCUT2D eigenvalue weighted by Crippen LogP contribution is 2.47. The van der Waals surface area contributed by atoms with Gasteiger partial charge >= 0.3 is 5.97 Å². The van der Waals surface area contributed by atoms with Crippen LogP contribution in [0.4, 0.5) is 5.82 Å². The SMILES string of the molecule is CCc1c(C(=O)O)c2c(N)ncnc2n1C1(C)CC1. The molecule has 2 aromatic heterocycles. The molecular weight excluding hydrogens is 244 g/mol. The summed E-state index contributed by atoms with van der Waals surface area (Å²) in [5.74, 6) is -0.730. The predicted molar refractivity (Wildman–Crippen MR) is 71.2 cm³/mol. The van der Waals surface area contributed by atoms with Crippen LogP contribution < -0.4 is 5.73 Å². The van der Waals surface area contributed by atoms with Crippen molar-refractivity contribution in [3.05, 3.63) is 17.6 Å². The van der Waals surface area contributed by atoms with Gasteiger partial charge in [-0.2, -0.15) is 0 Å². The van der Waals surface area contributed by atoms with Crippen molar-refractivity contribution in [2.24, 2.45) is 0 Å². The van der Waals surface area contributed by atoms with Gasteiger partial charge in [0.1, 0.15) is 17.8 Å². The predicted octanol–water partition coefficient (Wildman–Crippen LogP) is 1.78. The number of aromatic nitrogens is 3. The van der Waals surface area contributed by atoms with Gasteiger partial charge < -0.3 is 15.4 Å². The fourth-order valence-electron chi connectivity index (χ4n) is 2.73. The first-order valence-corrected chi connectivity index (χ1v) is 6.37. The fourth-order valence-corrected chi connectivity index (χ4v) is 2.73. The molecule has 3 N–H and O–H groups in total. The number of hydrogen-bond donors (Lipinski definition) is 2. The van der Waals surface area contributed by atoms with Crippen LogP contribution in [-0.4, -0.2) is 25.6 Å². The van der Waals surface area contributed by atoms with Gasteiger partial charge in [-0.25, -0.2) is 14.8 Å². The van der Waals surface area contributed by atoms with Crippen LogP contribution in [0.5, 0.6) is 0 Å². The van der Waals surface area contributed by atoms with E-state index in [1.165, 1.54) is 6.33 Å². The molecule has 1 aliphatic carbocycles. The summed E-state index contributed by atoms with van der Waals surface area (Å²) in [5, 5.41) is 9.97. The topological polar surface area (TPSA) is 94.0 Å². The fraction of sp³-hybridized carbons (Fsp3) is 0.462. The van der Waals surface area contributed by atoms with E-state index in [1.807, 2.05) is 11.5 Å². The van der Waals surface area contributed by atoms with Crippen molar-refractivity contribution in [3.63, 3.8) is 0 Å². The Balaban J connectivity index is 2.48. The summed E-state index contributed by atoms with van der Waals surface area (Å²) in [4.78, 5) is 19.8. The summed E-state index contributed by atoms with van der Waals surface area (Å²) in [6, 6.07) is 0. The Bertz CT molecular complexity index is 685. The number of nitrogen functional groups attached to an aromatic ring is 1. The second-order valence-electron chi connectivity index (χ2n) is 5.27. The normalized spacial score (nSPS) is 16.7. The first-order valence-electron chi connectivity index (χ1n) is 6.37.